The molecule has 0 unspecified atom stereocenters. The van der Waals surface area contributed by atoms with Gasteiger partial charge < -0.3 is 4.74 Å². The molecule has 0 aliphatic carbocycles. The molecule has 1 heterocycles. The van der Waals surface area contributed by atoms with Crippen molar-refractivity contribution >= 4 is 21.6 Å². The van der Waals surface area contributed by atoms with E-state index in [2.05, 4.69) is 9.71 Å². The first-order valence-electron chi connectivity index (χ1n) is 5.87. The molecule has 0 aliphatic rings. The highest BCUT2D eigenvalue weighted by Crippen LogP contribution is 2.11. The van der Waals surface area contributed by atoms with E-state index in [-0.39, 0.29) is 23.2 Å². The van der Waals surface area contributed by atoms with Gasteiger partial charge in [-0.1, -0.05) is 29.8 Å². The predicted molar refractivity (Wildman–Crippen MR) is 76.4 cm³/mol. The Kier molecular flexibility index (Phi) is 4.94. The van der Waals surface area contributed by atoms with Gasteiger partial charge in [-0.15, -0.1) is 0 Å². The van der Waals surface area contributed by atoms with E-state index in [1.165, 1.54) is 18.3 Å². The van der Waals surface area contributed by atoms with E-state index >= 15 is 0 Å². The number of hydrogen-bond acceptors (Lipinski definition) is 4. The molecule has 2 rings (SSSR count). The number of para-hydroxylation sites is 1. The van der Waals surface area contributed by atoms with Crippen LogP contribution in [0.15, 0.2) is 53.6 Å². The molecular formula is C13H13ClN2O3S. The minimum atomic E-state index is -3.58. The summed E-state index contributed by atoms with van der Waals surface area (Å²) in [6, 6.07) is 12.0. The molecule has 0 radical (unpaired) electrons. The number of hydrogen-bond donors (Lipinski definition) is 1. The lowest BCUT2D eigenvalue weighted by Crippen LogP contribution is -2.28. The molecule has 0 amide bonds. The van der Waals surface area contributed by atoms with Crippen molar-refractivity contribution in [3.63, 3.8) is 0 Å². The molecule has 0 saturated heterocycles. The van der Waals surface area contributed by atoms with E-state index in [1.54, 1.807) is 12.1 Å². The van der Waals surface area contributed by atoms with Gasteiger partial charge in [-0.3, -0.25) is 0 Å². The molecule has 5 nitrogen and oxygen atoms in total. The lowest BCUT2D eigenvalue weighted by Gasteiger charge is -2.08. The number of rotatable bonds is 6. The molecular weight excluding hydrogens is 300 g/mol. The van der Waals surface area contributed by atoms with Gasteiger partial charge in [0.2, 0.25) is 10.0 Å². The van der Waals surface area contributed by atoms with Crippen LogP contribution in [0.25, 0.3) is 0 Å². The van der Waals surface area contributed by atoms with Crippen molar-refractivity contribution in [1.29, 1.82) is 0 Å². The number of aromatic nitrogens is 1. The van der Waals surface area contributed by atoms with Crippen molar-refractivity contribution in [2.45, 2.75) is 4.90 Å². The Hall–Kier alpha value is -1.63. The smallest absolute Gasteiger partial charge is 0.242 e. The summed E-state index contributed by atoms with van der Waals surface area (Å²) in [7, 11) is -3.58. The highest BCUT2D eigenvalue weighted by Gasteiger charge is 2.13. The molecule has 20 heavy (non-hydrogen) atoms. The van der Waals surface area contributed by atoms with E-state index in [9.17, 15) is 8.42 Å². The van der Waals surface area contributed by atoms with Crippen LogP contribution in [0.2, 0.25) is 5.15 Å². The fourth-order valence-corrected chi connectivity index (χ4v) is 2.54. The summed E-state index contributed by atoms with van der Waals surface area (Å²) in [6.07, 6.45) is 1.21. The number of sulfonamides is 1. The van der Waals surface area contributed by atoms with Crippen molar-refractivity contribution in [3.8, 4) is 5.75 Å². The molecule has 0 saturated carbocycles. The van der Waals surface area contributed by atoms with Crippen molar-refractivity contribution in [1.82, 2.24) is 9.71 Å². The average molecular weight is 313 g/mol. The van der Waals surface area contributed by atoms with Gasteiger partial charge in [0, 0.05) is 12.7 Å². The van der Waals surface area contributed by atoms with E-state index in [0.29, 0.717) is 5.75 Å². The van der Waals surface area contributed by atoms with Crippen LogP contribution in [0.1, 0.15) is 0 Å². The first-order valence-corrected chi connectivity index (χ1v) is 7.73. The van der Waals surface area contributed by atoms with Crippen LogP contribution in [-0.2, 0) is 10.0 Å². The number of benzene rings is 1. The van der Waals surface area contributed by atoms with Crippen LogP contribution < -0.4 is 9.46 Å². The minimum Gasteiger partial charge on any atom is -0.492 e. The predicted octanol–water partition coefficient (Wildman–Crippen LogP) is 2.09. The van der Waals surface area contributed by atoms with E-state index < -0.39 is 10.0 Å². The molecule has 2 aromatic rings. The van der Waals surface area contributed by atoms with Crippen molar-refractivity contribution in [3.05, 3.63) is 53.8 Å². The molecule has 1 N–H and O–H groups in total. The zero-order chi connectivity index (χ0) is 14.4. The topological polar surface area (TPSA) is 68.3 Å². The third-order valence-electron chi connectivity index (χ3n) is 2.42. The maximum absolute atomic E-state index is 11.9. The number of halogens is 1. The minimum absolute atomic E-state index is 0.0709. The summed E-state index contributed by atoms with van der Waals surface area (Å²) in [5.74, 6) is 0.694. The Morgan fingerprint density at radius 1 is 1.15 bits per heavy atom. The number of pyridine rings is 1. The molecule has 0 atom stereocenters. The van der Waals surface area contributed by atoms with Gasteiger partial charge in [-0.05, 0) is 24.3 Å². The third kappa shape index (κ3) is 4.19. The van der Waals surface area contributed by atoms with Crippen LogP contribution in [0, 0.1) is 0 Å². The fraction of sp³-hybridized carbons (Fsp3) is 0.154. The Bertz CT molecular complexity index is 645. The van der Waals surface area contributed by atoms with Crippen LogP contribution in [0.3, 0.4) is 0 Å². The molecule has 0 fully saturated rings. The SMILES string of the molecule is O=S(=O)(NCCOc1ccccc1)c1ccc(Cl)nc1. The van der Waals surface area contributed by atoms with Crippen molar-refractivity contribution < 1.29 is 13.2 Å². The van der Waals surface area contributed by atoms with Gasteiger partial charge in [0.1, 0.15) is 22.4 Å². The second-order valence-corrected chi connectivity index (χ2v) is 6.03. The van der Waals surface area contributed by atoms with Gasteiger partial charge in [0.15, 0.2) is 0 Å². The largest absolute Gasteiger partial charge is 0.492 e. The summed E-state index contributed by atoms with van der Waals surface area (Å²) in [4.78, 5) is 3.81. The second kappa shape index (κ2) is 6.69. The quantitative estimate of drug-likeness (QED) is 0.655. The Morgan fingerprint density at radius 3 is 2.55 bits per heavy atom. The molecule has 7 heteroatoms. The Labute approximate surface area is 122 Å². The first-order chi connectivity index (χ1) is 9.58. The second-order valence-electron chi connectivity index (χ2n) is 3.88. The summed E-state index contributed by atoms with van der Waals surface area (Å²) in [5.41, 5.74) is 0. The maximum atomic E-state index is 11.9. The zero-order valence-electron chi connectivity index (χ0n) is 10.5. The van der Waals surface area contributed by atoms with Crippen LogP contribution in [0.5, 0.6) is 5.75 Å². The number of nitrogens with one attached hydrogen (secondary N) is 1. The summed E-state index contributed by atoms with van der Waals surface area (Å²) >= 11 is 5.61. The van der Waals surface area contributed by atoms with Crippen LogP contribution in [0.4, 0.5) is 0 Å². The maximum Gasteiger partial charge on any atom is 0.242 e. The van der Waals surface area contributed by atoms with Gasteiger partial charge in [0.05, 0.1) is 0 Å². The van der Waals surface area contributed by atoms with E-state index in [4.69, 9.17) is 16.3 Å². The average Bonchev–Trinajstić information content (AvgIpc) is 2.45. The lowest BCUT2D eigenvalue weighted by molar-refractivity contribution is 0.323. The molecule has 106 valence electrons. The standard InChI is InChI=1S/C13H13ClN2O3S/c14-13-7-6-12(10-15-13)20(17,18)16-8-9-19-11-4-2-1-3-5-11/h1-7,10,16H,8-9H2. The highest BCUT2D eigenvalue weighted by atomic mass is 35.5. The molecule has 1 aromatic carbocycles. The van der Waals surface area contributed by atoms with Crippen molar-refractivity contribution in [2.24, 2.45) is 0 Å². The summed E-state index contributed by atoms with van der Waals surface area (Å²) < 4.78 is 31.6. The molecule has 0 aliphatic heterocycles. The number of ether oxygens (including phenoxy) is 1. The van der Waals surface area contributed by atoms with Gasteiger partial charge in [0.25, 0.3) is 0 Å². The van der Waals surface area contributed by atoms with Crippen LogP contribution in [-0.4, -0.2) is 26.6 Å². The molecule has 0 spiro atoms. The highest BCUT2D eigenvalue weighted by molar-refractivity contribution is 7.89. The Balaban J connectivity index is 1.85. The zero-order valence-corrected chi connectivity index (χ0v) is 12.1. The number of nitrogens with zero attached hydrogens (tertiary/aromatic N) is 1. The summed E-state index contributed by atoms with van der Waals surface area (Å²) in [5, 5.41) is 0.247. The van der Waals surface area contributed by atoms with E-state index in [0.717, 1.165) is 0 Å². The van der Waals surface area contributed by atoms with Crippen molar-refractivity contribution in [2.75, 3.05) is 13.2 Å². The van der Waals surface area contributed by atoms with Gasteiger partial charge >= 0.3 is 0 Å². The van der Waals surface area contributed by atoms with Gasteiger partial charge in [-0.2, -0.15) is 0 Å². The van der Waals surface area contributed by atoms with E-state index in [1.807, 2.05) is 18.2 Å². The summed E-state index contributed by atoms with van der Waals surface area (Å²) in [6.45, 7) is 0.407. The lowest BCUT2D eigenvalue weighted by atomic mass is 10.3. The Morgan fingerprint density at radius 2 is 1.90 bits per heavy atom. The first kappa shape index (κ1) is 14.8. The third-order valence-corrected chi connectivity index (χ3v) is 4.09. The van der Waals surface area contributed by atoms with Gasteiger partial charge in [-0.25, -0.2) is 18.1 Å². The normalized spacial score (nSPS) is 11.2. The fourth-order valence-electron chi connectivity index (χ4n) is 1.47. The molecule has 0 bridgehead atoms. The van der Waals surface area contributed by atoms with Crippen LogP contribution >= 0.6 is 11.6 Å². The molecule has 1 aromatic heterocycles. The monoisotopic (exact) mass is 312 g/mol.